The van der Waals surface area contributed by atoms with E-state index in [1.54, 1.807) is 0 Å². The lowest BCUT2D eigenvalue weighted by atomic mass is 10.2. The van der Waals surface area contributed by atoms with Crippen molar-refractivity contribution in [2.24, 2.45) is 0 Å². The van der Waals surface area contributed by atoms with Gasteiger partial charge in [-0.3, -0.25) is 0 Å². The standard InChI is InChI=1S/C16H25N3O3Si/c1-13-15(12-17-10-7-11-23(20,21-2)22-3)19-16(18-13)14-8-5-4-6-9-14/h4-6,8-9,17,20H,7,10-12H2,1-3H3,(H,18,19). The lowest BCUT2D eigenvalue weighted by Gasteiger charge is -2.19. The van der Waals surface area contributed by atoms with Crippen molar-refractivity contribution < 1.29 is 13.6 Å². The molecule has 0 aliphatic heterocycles. The molecule has 0 atom stereocenters. The Labute approximate surface area is 138 Å². The summed E-state index contributed by atoms with van der Waals surface area (Å²) in [6, 6.07) is 10.6. The van der Waals surface area contributed by atoms with E-state index in [-0.39, 0.29) is 0 Å². The molecule has 0 unspecified atom stereocenters. The van der Waals surface area contributed by atoms with Gasteiger partial charge in [-0.25, -0.2) is 4.98 Å². The molecule has 0 amide bonds. The molecule has 0 aliphatic carbocycles. The zero-order valence-electron chi connectivity index (χ0n) is 13.9. The fraction of sp³-hybridized carbons (Fsp3) is 0.438. The molecule has 126 valence electrons. The van der Waals surface area contributed by atoms with Gasteiger partial charge in [0, 0.05) is 38.1 Å². The molecule has 1 heterocycles. The van der Waals surface area contributed by atoms with Crippen LogP contribution in [0.2, 0.25) is 6.04 Å². The second-order valence-electron chi connectivity index (χ2n) is 5.42. The average Bonchev–Trinajstić information content (AvgIpc) is 2.96. The minimum absolute atomic E-state index is 0.543. The van der Waals surface area contributed by atoms with Gasteiger partial charge in [0.1, 0.15) is 5.82 Å². The van der Waals surface area contributed by atoms with Crippen molar-refractivity contribution in [2.75, 3.05) is 20.8 Å². The van der Waals surface area contributed by atoms with Gasteiger partial charge in [0.25, 0.3) is 0 Å². The van der Waals surface area contributed by atoms with Crippen molar-refractivity contribution in [3.63, 3.8) is 0 Å². The third-order valence-corrected chi connectivity index (χ3v) is 6.07. The lowest BCUT2D eigenvalue weighted by molar-refractivity contribution is 0.150. The summed E-state index contributed by atoms with van der Waals surface area (Å²) in [5.41, 5.74) is 3.16. The number of aromatic amines is 1. The fourth-order valence-corrected chi connectivity index (χ4v) is 3.53. The Morgan fingerprint density at radius 3 is 2.57 bits per heavy atom. The zero-order valence-corrected chi connectivity index (χ0v) is 14.9. The quantitative estimate of drug-likeness (QED) is 0.483. The van der Waals surface area contributed by atoms with Crippen LogP contribution in [0.4, 0.5) is 0 Å². The van der Waals surface area contributed by atoms with Crippen molar-refractivity contribution in [1.82, 2.24) is 15.3 Å². The predicted molar refractivity (Wildman–Crippen MR) is 91.9 cm³/mol. The molecule has 0 aliphatic rings. The fourth-order valence-electron chi connectivity index (χ4n) is 2.33. The van der Waals surface area contributed by atoms with E-state index in [2.05, 4.69) is 15.3 Å². The summed E-state index contributed by atoms with van der Waals surface area (Å²) in [6.45, 7) is 3.49. The van der Waals surface area contributed by atoms with Gasteiger partial charge in [0.2, 0.25) is 0 Å². The molecule has 2 rings (SSSR count). The lowest BCUT2D eigenvalue weighted by Crippen LogP contribution is -2.40. The third kappa shape index (κ3) is 4.98. The maximum absolute atomic E-state index is 9.97. The van der Waals surface area contributed by atoms with Crippen LogP contribution in [0.15, 0.2) is 30.3 Å². The van der Waals surface area contributed by atoms with Crippen molar-refractivity contribution in [3.8, 4) is 11.4 Å². The molecule has 23 heavy (non-hydrogen) atoms. The Bertz CT molecular complexity index is 600. The van der Waals surface area contributed by atoms with E-state index in [4.69, 9.17) is 8.85 Å². The second-order valence-corrected chi connectivity index (χ2v) is 8.17. The summed E-state index contributed by atoms with van der Waals surface area (Å²) in [5.74, 6) is 0.889. The number of rotatable bonds is 9. The third-order valence-electron chi connectivity index (χ3n) is 3.81. The highest BCUT2D eigenvalue weighted by molar-refractivity contribution is 6.59. The molecule has 6 nitrogen and oxygen atoms in total. The number of hydrogen-bond acceptors (Lipinski definition) is 5. The molecule has 1 aromatic carbocycles. The maximum atomic E-state index is 9.97. The van der Waals surface area contributed by atoms with Crippen LogP contribution in [0.1, 0.15) is 17.8 Å². The molecule has 3 N–H and O–H groups in total. The number of aromatic nitrogens is 2. The number of aryl methyl sites for hydroxylation is 1. The Morgan fingerprint density at radius 1 is 1.22 bits per heavy atom. The molecule has 7 heteroatoms. The number of H-pyrrole nitrogens is 1. The van der Waals surface area contributed by atoms with Crippen LogP contribution in [0, 0.1) is 6.92 Å². The van der Waals surface area contributed by atoms with E-state index in [9.17, 15) is 4.80 Å². The highest BCUT2D eigenvalue weighted by atomic mass is 28.4. The number of nitrogens with one attached hydrogen (secondary N) is 2. The normalized spacial score (nSPS) is 11.8. The Balaban J connectivity index is 1.82. The van der Waals surface area contributed by atoms with Crippen molar-refractivity contribution >= 4 is 8.80 Å². The van der Waals surface area contributed by atoms with Crippen LogP contribution in [0.5, 0.6) is 0 Å². The van der Waals surface area contributed by atoms with Gasteiger partial charge < -0.3 is 23.9 Å². The molecule has 0 radical (unpaired) electrons. The van der Waals surface area contributed by atoms with Crippen LogP contribution in [-0.4, -0.2) is 44.3 Å². The van der Waals surface area contributed by atoms with E-state index in [0.29, 0.717) is 12.6 Å². The van der Waals surface area contributed by atoms with Crippen LogP contribution >= 0.6 is 0 Å². The highest BCUT2D eigenvalue weighted by Gasteiger charge is 2.33. The number of imidazole rings is 1. The monoisotopic (exact) mass is 335 g/mol. The number of benzene rings is 1. The molecule has 0 bridgehead atoms. The first-order valence-corrected chi connectivity index (χ1v) is 9.69. The first-order chi connectivity index (χ1) is 11.1. The van der Waals surface area contributed by atoms with E-state index < -0.39 is 8.80 Å². The van der Waals surface area contributed by atoms with Crippen LogP contribution in [0.3, 0.4) is 0 Å². The van der Waals surface area contributed by atoms with Gasteiger partial charge in [-0.2, -0.15) is 0 Å². The molecular formula is C16H25N3O3Si. The molecule has 0 saturated heterocycles. The van der Waals surface area contributed by atoms with Crippen LogP contribution < -0.4 is 5.32 Å². The average molecular weight is 335 g/mol. The SMILES string of the molecule is CO[Si](O)(CCCNCc1nc(-c2ccccc2)[nH]c1C)OC. The summed E-state index contributed by atoms with van der Waals surface area (Å²) in [7, 11) is 0.0356. The Kier molecular flexibility index (Phi) is 6.49. The highest BCUT2D eigenvalue weighted by Crippen LogP contribution is 2.17. The first kappa shape index (κ1) is 17.8. The largest absolute Gasteiger partial charge is 0.497 e. The zero-order chi connectivity index (χ0) is 16.7. The van der Waals surface area contributed by atoms with Crippen molar-refractivity contribution in [2.45, 2.75) is 25.9 Å². The van der Waals surface area contributed by atoms with Crippen molar-refractivity contribution in [1.29, 1.82) is 0 Å². The van der Waals surface area contributed by atoms with Gasteiger partial charge in [0.05, 0.1) is 5.69 Å². The number of nitrogens with zero attached hydrogens (tertiary/aromatic N) is 1. The molecule has 0 saturated carbocycles. The molecule has 0 spiro atoms. The molecular weight excluding hydrogens is 310 g/mol. The van der Waals surface area contributed by atoms with Gasteiger partial charge in [-0.05, 0) is 19.9 Å². The maximum Gasteiger partial charge on any atom is 0.497 e. The summed E-state index contributed by atoms with van der Waals surface area (Å²) >= 11 is 0. The van der Waals surface area contributed by atoms with Crippen LogP contribution in [0.25, 0.3) is 11.4 Å². The molecule has 1 aromatic heterocycles. The summed E-state index contributed by atoms with van der Waals surface area (Å²) in [6.07, 6.45) is 0.791. The van der Waals surface area contributed by atoms with Gasteiger partial charge in [0.15, 0.2) is 0 Å². The summed E-state index contributed by atoms with van der Waals surface area (Å²) in [4.78, 5) is 17.9. The van der Waals surface area contributed by atoms with Gasteiger partial charge in [-0.1, -0.05) is 30.3 Å². The first-order valence-electron chi connectivity index (χ1n) is 7.72. The van der Waals surface area contributed by atoms with Crippen molar-refractivity contribution in [3.05, 3.63) is 41.7 Å². The summed E-state index contributed by atoms with van der Waals surface area (Å²) in [5, 5.41) is 3.35. The second kappa shape index (κ2) is 8.37. The predicted octanol–water partition coefficient (Wildman–Crippen LogP) is 2.09. The van der Waals surface area contributed by atoms with Gasteiger partial charge >= 0.3 is 8.80 Å². The minimum Gasteiger partial charge on any atom is -0.390 e. The summed E-state index contributed by atoms with van der Waals surface area (Å²) < 4.78 is 10.1. The number of hydrogen-bond donors (Lipinski definition) is 3. The van der Waals surface area contributed by atoms with E-state index in [1.807, 2.05) is 37.3 Å². The van der Waals surface area contributed by atoms with E-state index in [0.717, 1.165) is 35.7 Å². The van der Waals surface area contributed by atoms with Crippen LogP contribution in [-0.2, 0) is 15.4 Å². The van der Waals surface area contributed by atoms with Gasteiger partial charge in [-0.15, -0.1) is 0 Å². The minimum atomic E-state index is -2.94. The Morgan fingerprint density at radius 2 is 1.91 bits per heavy atom. The topological polar surface area (TPSA) is 79.4 Å². The smallest absolute Gasteiger partial charge is 0.390 e. The van der Waals surface area contributed by atoms with E-state index >= 15 is 0 Å². The molecule has 2 aromatic rings. The molecule has 0 fully saturated rings. The van der Waals surface area contributed by atoms with E-state index in [1.165, 1.54) is 14.2 Å². The Hall–Kier alpha value is -1.51.